The molecule has 0 heterocycles. The molecule has 1 fully saturated rings. The molecule has 0 bridgehead atoms. The molecule has 0 saturated heterocycles. The van der Waals surface area contributed by atoms with Crippen LogP contribution in [0.4, 0.5) is 13.2 Å². The molecule has 1 saturated carbocycles. The number of halogens is 3. The molecule has 5 heteroatoms. The van der Waals surface area contributed by atoms with E-state index >= 15 is 0 Å². The predicted molar refractivity (Wildman–Crippen MR) is 58.7 cm³/mol. The van der Waals surface area contributed by atoms with Crippen LogP contribution < -0.4 is 0 Å². The Hall–Kier alpha value is -0.290. The maximum Gasteiger partial charge on any atom is 0.389 e. The summed E-state index contributed by atoms with van der Waals surface area (Å²) in [6.45, 7) is 0. The van der Waals surface area contributed by atoms with Crippen molar-refractivity contribution in [2.75, 3.05) is 7.11 Å². The van der Waals surface area contributed by atoms with Crippen molar-refractivity contribution in [2.24, 2.45) is 0 Å². The van der Waals surface area contributed by atoms with Gasteiger partial charge in [0.25, 0.3) is 0 Å². The molecule has 1 aliphatic carbocycles. The standard InChI is InChI=1S/C12H21F3O2/c1-17-11(7-3-2-4-8-11)10(16)6-5-9-12(13,14)15/h10,16H,2-9H2,1H3. The van der Waals surface area contributed by atoms with Crippen molar-refractivity contribution in [3.05, 3.63) is 0 Å². The first-order valence-electron chi connectivity index (χ1n) is 6.20. The largest absolute Gasteiger partial charge is 0.390 e. The smallest absolute Gasteiger partial charge is 0.389 e. The molecular formula is C12H21F3O2. The van der Waals surface area contributed by atoms with Crippen LogP contribution in [-0.4, -0.2) is 30.1 Å². The molecule has 0 spiro atoms. The summed E-state index contributed by atoms with van der Waals surface area (Å²) in [4.78, 5) is 0. The van der Waals surface area contributed by atoms with E-state index in [2.05, 4.69) is 0 Å². The number of hydrogen-bond acceptors (Lipinski definition) is 2. The zero-order valence-corrected chi connectivity index (χ0v) is 10.2. The number of ether oxygens (including phenoxy) is 1. The molecule has 0 radical (unpaired) electrons. The first-order chi connectivity index (χ1) is 7.90. The van der Waals surface area contributed by atoms with Gasteiger partial charge in [0.1, 0.15) is 0 Å². The molecule has 1 rings (SSSR count). The first-order valence-corrected chi connectivity index (χ1v) is 6.20. The molecule has 2 nitrogen and oxygen atoms in total. The molecule has 0 aliphatic heterocycles. The summed E-state index contributed by atoms with van der Waals surface area (Å²) in [5.41, 5.74) is -0.607. The highest BCUT2D eigenvalue weighted by atomic mass is 19.4. The minimum atomic E-state index is -4.13. The van der Waals surface area contributed by atoms with Gasteiger partial charge in [0.05, 0.1) is 11.7 Å². The lowest BCUT2D eigenvalue weighted by Gasteiger charge is -2.40. The average molecular weight is 254 g/mol. The fraction of sp³-hybridized carbons (Fsp3) is 1.00. The molecule has 0 aromatic heterocycles. The third-order valence-electron chi connectivity index (χ3n) is 3.65. The van der Waals surface area contributed by atoms with Crippen LogP contribution in [0.5, 0.6) is 0 Å². The van der Waals surface area contributed by atoms with Gasteiger partial charge >= 0.3 is 6.18 Å². The summed E-state index contributed by atoms with van der Waals surface area (Å²) in [7, 11) is 1.54. The molecule has 17 heavy (non-hydrogen) atoms. The highest BCUT2D eigenvalue weighted by molar-refractivity contribution is 4.90. The zero-order valence-electron chi connectivity index (χ0n) is 10.2. The van der Waals surface area contributed by atoms with Crippen molar-refractivity contribution in [3.8, 4) is 0 Å². The van der Waals surface area contributed by atoms with Gasteiger partial charge in [-0.05, 0) is 25.7 Å². The van der Waals surface area contributed by atoms with Crippen molar-refractivity contribution in [1.82, 2.24) is 0 Å². The Morgan fingerprint density at radius 1 is 1.24 bits per heavy atom. The average Bonchev–Trinajstić information content (AvgIpc) is 2.28. The SMILES string of the molecule is COC1(C(O)CCCC(F)(F)F)CCCCC1. The summed E-state index contributed by atoms with van der Waals surface area (Å²) < 4.78 is 41.4. The summed E-state index contributed by atoms with van der Waals surface area (Å²) >= 11 is 0. The first kappa shape index (κ1) is 14.8. The number of hydrogen-bond donors (Lipinski definition) is 1. The van der Waals surface area contributed by atoms with Gasteiger partial charge < -0.3 is 9.84 Å². The van der Waals surface area contributed by atoms with Gasteiger partial charge in [0.15, 0.2) is 0 Å². The number of alkyl halides is 3. The molecule has 1 atom stereocenters. The Labute approximate surface area is 100 Å². The van der Waals surface area contributed by atoms with E-state index in [1.165, 1.54) is 7.11 Å². The fourth-order valence-electron chi connectivity index (χ4n) is 2.58. The van der Waals surface area contributed by atoms with Crippen LogP contribution in [0.15, 0.2) is 0 Å². The van der Waals surface area contributed by atoms with E-state index in [-0.39, 0.29) is 12.8 Å². The second-order valence-corrected chi connectivity index (χ2v) is 4.85. The van der Waals surface area contributed by atoms with Crippen molar-refractivity contribution >= 4 is 0 Å². The Morgan fingerprint density at radius 3 is 2.29 bits per heavy atom. The molecular weight excluding hydrogens is 233 g/mol. The molecule has 1 N–H and O–H groups in total. The van der Waals surface area contributed by atoms with Gasteiger partial charge in [0.2, 0.25) is 0 Å². The minimum Gasteiger partial charge on any atom is -0.390 e. The lowest BCUT2D eigenvalue weighted by molar-refractivity contribution is -0.146. The molecule has 0 aromatic carbocycles. The van der Waals surface area contributed by atoms with Crippen LogP contribution in [0.1, 0.15) is 51.4 Å². The van der Waals surface area contributed by atoms with Gasteiger partial charge in [-0.15, -0.1) is 0 Å². The Bertz CT molecular complexity index is 222. The third-order valence-corrected chi connectivity index (χ3v) is 3.65. The summed E-state index contributed by atoms with van der Waals surface area (Å²) in [5.74, 6) is 0. The van der Waals surface area contributed by atoms with Crippen LogP contribution in [0.2, 0.25) is 0 Å². The van der Waals surface area contributed by atoms with Crippen LogP contribution in [0.3, 0.4) is 0 Å². The second kappa shape index (κ2) is 6.05. The zero-order chi connectivity index (χ0) is 12.9. The molecule has 1 unspecified atom stereocenters. The Kier molecular flexibility index (Phi) is 5.25. The van der Waals surface area contributed by atoms with Crippen molar-refractivity contribution in [2.45, 2.75) is 69.2 Å². The van der Waals surface area contributed by atoms with E-state index in [9.17, 15) is 18.3 Å². The van der Waals surface area contributed by atoms with Gasteiger partial charge in [-0.3, -0.25) is 0 Å². The van der Waals surface area contributed by atoms with E-state index in [0.717, 1.165) is 32.1 Å². The van der Waals surface area contributed by atoms with E-state index in [1.807, 2.05) is 0 Å². The maximum absolute atomic E-state index is 12.0. The normalized spacial score (nSPS) is 22.4. The summed E-state index contributed by atoms with van der Waals surface area (Å²) in [6.07, 6.45) is -1.06. The van der Waals surface area contributed by atoms with Crippen molar-refractivity contribution < 1.29 is 23.0 Å². The molecule has 0 amide bonds. The minimum absolute atomic E-state index is 0.0320. The summed E-state index contributed by atoms with van der Waals surface area (Å²) in [5, 5.41) is 10.0. The second-order valence-electron chi connectivity index (χ2n) is 4.85. The highest BCUT2D eigenvalue weighted by Crippen LogP contribution is 2.36. The van der Waals surface area contributed by atoms with Crippen LogP contribution in [0, 0.1) is 0 Å². The predicted octanol–water partition coefficient (Wildman–Crippen LogP) is 3.43. The Balaban J connectivity index is 2.41. The topological polar surface area (TPSA) is 29.5 Å². The quantitative estimate of drug-likeness (QED) is 0.814. The highest BCUT2D eigenvalue weighted by Gasteiger charge is 2.39. The molecule has 0 aromatic rings. The molecule has 102 valence electrons. The van der Waals surface area contributed by atoms with Crippen molar-refractivity contribution in [1.29, 1.82) is 0 Å². The number of methoxy groups -OCH3 is 1. The number of aliphatic hydroxyl groups excluding tert-OH is 1. The number of rotatable bonds is 5. The third kappa shape index (κ3) is 4.47. The van der Waals surface area contributed by atoms with Gasteiger partial charge in [0, 0.05) is 13.5 Å². The lowest BCUT2D eigenvalue weighted by Crippen LogP contribution is -2.45. The van der Waals surface area contributed by atoms with Crippen LogP contribution >= 0.6 is 0 Å². The van der Waals surface area contributed by atoms with Gasteiger partial charge in [-0.25, -0.2) is 0 Å². The van der Waals surface area contributed by atoms with Crippen LogP contribution in [0.25, 0.3) is 0 Å². The van der Waals surface area contributed by atoms with Gasteiger partial charge in [-0.2, -0.15) is 13.2 Å². The van der Waals surface area contributed by atoms with E-state index in [1.54, 1.807) is 0 Å². The van der Waals surface area contributed by atoms with E-state index in [0.29, 0.717) is 0 Å². The fourth-order valence-corrected chi connectivity index (χ4v) is 2.58. The van der Waals surface area contributed by atoms with E-state index in [4.69, 9.17) is 4.74 Å². The lowest BCUT2D eigenvalue weighted by atomic mass is 9.79. The monoisotopic (exact) mass is 254 g/mol. The van der Waals surface area contributed by atoms with Gasteiger partial charge in [-0.1, -0.05) is 19.3 Å². The van der Waals surface area contributed by atoms with Crippen LogP contribution in [-0.2, 0) is 4.74 Å². The van der Waals surface area contributed by atoms with Crippen molar-refractivity contribution in [3.63, 3.8) is 0 Å². The Morgan fingerprint density at radius 2 is 1.82 bits per heavy atom. The number of aliphatic hydroxyl groups is 1. The summed E-state index contributed by atoms with van der Waals surface area (Å²) in [6, 6.07) is 0. The maximum atomic E-state index is 12.0. The molecule has 1 aliphatic rings. The van der Waals surface area contributed by atoms with E-state index < -0.39 is 24.3 Å².